The maximum Gasteiger partial charge on any atom is 0.261 e. The van der Waals surface area contributed by atoms with E-state index in [0.29, 0.717) is 34.8 Å². The summed E-state index contributed by atoms with van der Waals surface area (Å²) in [4.78, 5) is 12.3. The minimum atomic E-state index is -0.944. The molecule has 0 aliphatic rings. The van der Waals surface area contributed by atoms with Crippen LogP contribution in [0.3, 0.4) is 0 Å². The fourth-order valence-electron chi connectivity index (χ4n) is 2.89. The van der Waals surface area contributed by atoms with Crippen molar-refractivity contribution < 1.29 is 14.3 Å². The first-order valence-electron chi connectivity index (χ1n) is 9.72. The van der Waals surface area contributed by atoms with Crippen LogP contribution in [0.4, 0.5) is 0 Å². The lowest BCUT2D eigenvalue weighted by atomic mass is 10.0. The number of hydrazone groups is 1. The number of methoxy groups -OCH3 is 1. The minimum absolute atomic E-state index is 0.320. The number of benzene rings is 3. The van der Waals surface area contributed by atoms with Crippen LogP contribution in [0.2, 0.25) is 0 Å². The van der Waals surface area contributed by atoms with Gasteiger partial charge in [0.05, 0.1) is 31.0 Å². The lowest BCUT2D eigenvalue weighted by Gasteiger charge is -2.11. The molecule has 0 saturated heterocycles. The van der Waals surface area contributed by atoms with Gasteiger partial charge in [-0.15, -0.1) is 0 Å². The molecule has 1 amide bonds. The number of ether oxygens (including phenoxy) is 2. The van der Waals surface area contributed by atoms with Crippen LogP contribution in [0.15, 0.2) is 77.9 Å². The molecular formula is C25H20N4O3. The molecule has 0 aliphatic carbocycles. The van der Waals surface area contributed by atoms with Crippen molar-refractivity contribution in [2.45, 2.75) is 12.5 Å². The summed E-state index contributed by atoms with van der Waals surface area (Å²) >= 11 is 0. The average molecular weight is 424 g/mol. The summed E-state index contributed by atoms with van der Waals surface area (Å²) in [6.07, 6.45) is 1.46. The van der Waals surface area contributed by atoms with Crippen LogP contribution >= 0.6 is 0 Å². The van der Waals surface area contributed by atoms with E-state index in [1.165, 1.54) is 13.3 Å². The molecule has 1 atom stereocenters. The van der Waals surface area contributed by atoms with Gasteiger partial charge in [-0.1, -0.05) is 42.5 Å². The number of amides is 1. The Labute approximate surface area is 186 Å². The lowest BCUT2D eigenvalue weighted by molar-refractivity contribution is -0.121. The van der Waals surface area contributed by atoms with E-state index in [1.807, 2.05) is 24.3 Å². The molecule has 3 aromatic rings. The van der Waals surface area contributed by atoms with Crippen LogP contribution in [-0.4, -0.2) is 19.2 Å². The van der Waals surface area contributed by atoms with Gasteiger partial charge >= 0.3 is 0 Å². The monoisotopic (exact) mass is 424 g/mol. The van der Waals surface area contributed by atoms with Crippen molar-refractivity contribution in [3.05, 3.63) is 95.1 Å². The molecule has 1 N–H and O–H groups in total. The number of nitriles is 2. The van der Waals surface area contributed by atoms with Crippen LogP contribution in [0, 0.1) is 22.7 Å². The first-order chi connectivity index (χ1) is 15.6. The van der Waals surface area contributed by atoms with Crippen molar-refractivity contribution in [3.8, 4) is 23.6 Å². The zero-order valence-electron chi connectivity index (χ0n) is 17.4. The topological polar surface area (TPSA) is 108 Å². The van der Waals surface area contributed by atoms with Crippen molar-refractivity contribution >= 4 is 12.1 Å². The van der Waals surface area contributed by atoms with Crippen molar-refractivity contribution in [3.63, 3.8) is 0 Å². The summed E-state index contributed by atoms with van der Waals surface area (Å²) in [6.45, 7) is 0.320. The number of hydrogen-bond acceptors (Lipinski definition) is 6. The van der Waals surface area contributed by atoms with Gasteiger partial charge in [0, 0.05) is 0 Å². The number of rotatable bonds is 8. The van der Waals surface area contributed by atoms with E-state index < -0.39 is 11.8 Å². The van der Waals surface area contributed by atoms with Crippen molar-refractivity contribution in [2.24, 2.45) is 5.10 Å². The third-order valence-electron chi connectivity index (χ3n) is 4.58. The van der Waals surface area contributed by atoms with Gasteiger partial charge in [0.1, 0.15) is 6.61 Å². The Kier molecular flexibility index (Phi) is 7.56. The van der Waals surface area contributed by atoms with E-state index in [4.69, 9.17) is 14.7 Å². The van der Waals surface area contributed by atoms with Gasteiger partial charge in [-0.25, -0.2) is 5.43 Å². The third kappa shape index (κ3) is 5.71. The predicted octanol–water partition coefficient (Wildman–Crippen LogP) is 3.90. The van der Waals surface area contributed by atoms with E-state index in [-0.39, 0.29) is 0 Å². The second-order valence-corrected chi connectivity index (χ2v) is 6.71. The summed E-state index contributed by atoms with van der Waals surface area (Å²) in [5.41, 5.74) is 5.20. The molecule has 0 aromatic heterocycles. The van der Waals surface area contributed by atoms with Crippen molar-refractivity contribution in [1.82, 2.24) is 5.43 Å². The number of hydrogen-bond donors (Lipinski definition) is 1. The SMILES string of the molecule is COc1cc(/C=N\NC(=O)[C@@H](C#N)c2ccccc2)ccc1OCc1ccc(C#N)cc1. The van der Waals surface area contributed by atoms with Crippen LogP contribution in [0.5, 0.6) is 11.5 Å². The Morgan fingerprint density at radius 2 is 1.81 bits per heavy atom. The van der Waals surface area contributed by atoms with Gasteiger partial charge in [-0.3, -0.25) is 4.79 Å². The van der Waals surface area contributed by atoms with Crippen LogP contribution in [-0.2, 0) is 11.4 Å². The number of carbonyl (C=O) groups is 1. The van der Waals surface area contributed by atoms with Crippen LogP contribution in [0.25, 0.3) is 0 Å². The van der Waals surface area contributed by atoms with E-state index in [9.17, 15) is 10.1 Å². The van der Waals surface area contributed by atoms with Crippen LogP contribution in [0.1, 0.15) is 28.2 Å². The Morgan fingerprint density at radius 3 is 2.47 bits per heavy atom. The van der Waals surface area contributed by atoms with Crippen LogP contribution < -0.4 is 14.9 Å². The lowest BCUT2D eigenvalue weighted by Crippen LogP contribution is -2.24. The van der Waals surface area contributed by atoms with Gasteiger partial charge in [0.25, 0.3) is 5.91 Å². The molecule has 158 valence electrons. The predicted molar refractivity (Wildman–Crippen MR) is 119 cm³/mol. The van der Waals surface area contributed by atoms with E-state index in [2.05, 4.69) is 16.6 Å². The second-order valence-electron chi connectivity index (χ2n) is 6.71. The molecule has 3 aromatic carbocycles. The second kappa shape index (κ2) is 11.0. The van der Waals surface area contributed by atoms with Gasteiger partial charge < -0.3 is 9.47 Å². The van der Waals surface area contributed by atoms with Crippen molar-refractivity contribution in [1.29, 1.82) is 10.5 Å². The van der Waals surface area contributed by atoms with Gasteiger partial charge in [-0.2, -0.15) is 15.6 Å². The number of carbonyl (C=O) groups excluding carboxylic acids is 1. The van der Waals surface area contributed by atoms with E-state index >= 15 is 0 Å². The normalized spacial score (nSPS) is 11.2. The van der Waals surface area contributed by atoms with Gasteiger partial charge in [-0.05, 0) is 47.0 Å². The zero-order valence-corrected chi connectivity index (χ0v) is 17.4. The molecule has 0 heterocycles. The maximum atomic E-state index is 12.3. The summed E-state index contributed by atoms with van der Waals surface area (Å²) in [5, 5.41) is 22.1. The molecular weight excluding hydrogens is 404 g/mol. The smallest absolute Gasteiger partial charge is 0.261 e. The van der Waals surface area contributed by atoms with Gasteiger partial charge in [0.15, 0.2) is 17.4 Å². The number of nitrogens with zero attached hydrogens (tertiary/aromatic N) is 3. The highest BCUT2D eigenvalue weighted by atomic mass is 16.5. The van der Waals surface area contributed by atoms with Crippen molar-refractivity contribution in [2.75, 3.05) is 7.11 Å². The minimum Gasteiger partial charge on any atom is -0.493 e. The summed E-state index contributed by atoms with van der Waals surface area (Å²) < 4.78 is 11.2. The fraction of sp³-hybridized carbons (Fsp3) is 0.120. The summed E-state index contributed by atoms with van der Waals surface area (Å²) in [6, 6.07) is 25.2. The largest absolute Gasteiger partial charge is 0.493 e. The zero-order chi connectivity index (χ0) is 22.8. The maximum absolute atomic E-state index is 12.3. The molecule has 7 heteroatoms. The van der Waals surface area contributed by atoms with Gasteiger partial charge in [0.2, 0.25) is 0 Å². The summed E-state index contributed by atoms with van der Waals surface area (Å²) in [5.74, 6) is -0.398. The highest BCUT2D eigenvalue weighted by molar-refractivity contribution is 5.88. The molecule has 7 nitrogen and oxygen atoms in total. The van der Waals surface area contributed by atoms with E-state index in [1.54, 1.807) is 54.6 Å². The third-order valence-corrected chi connectivity index (χ3v) is 4.58. The molecule has 32 heavy (non-hydrogen) atoms. The average Bonchev–Trinajstić information content (AvgIpc) is 2.84. The molecule has 3 rings (SSSR count). The molecule has 0 saturated carbocycles. The number of nitrogens with one attached hydrogen (secondary N) is 1. The first kappa shape index (κ1) is 22.1. The molecule has 0 aliphatic heterocycles. The fourth-order valence-corrected chi connectivity index (χ4v) is 2.89. The summed E-state index contributed by atoms with van der Waals surface area (Å²) in [7, 11) is 1.53. The molecule has 0 spiro atoms. The standard InChI is InChI=1S/C25H20N4O3/c1-31-24-13-20(11-12-23(24)32-17-19-9-7-18(14-26)8-10-19)16-28-29-25(30)22(15-27)21-5-3-2-4-6-21/h2-13,16,22H,17H2,1H3,(H,29,30)/b28-16-/t22-/m0/s1. The Hall–Kier alpha value is -4.62. The molecule has 0 unspecified atom stereocenters. The Bertz CT molecular complexity index is 1180. The molecule has 0 radical (unpaired) electrons. The molecule has 0 bridgehead atoms. The highest BCUT2D eigenvalue weighted by Crippen LogP contribution is 2.28. The highest BCUT2D eigenvalue weighted by Gasteiger charge is 2.19. The Morgan fingerprint density at radius 1 is 1.06 bits per heavy atom. The molecule has 0 fully saturated rings. The first-order valence-corrected chi connectivity index (χ1v) is 9.72. The van der Waals surface area contributed by atoms with E-state index in [0.717, 1.165) is 5.56 Å². The quantitative estimate of drug-likeness (QED) is 0.436. The Balaban J connectivity index is 1.62.